The molecule has 0 atom stereocenters. The number of hydrogen-bond acceptors (Lipinski definition) is 3. The summed E-state index contributed by atoms with van der Waals surface area (Å²) >= 11 is 0. The maximum Gasteiger partial charge on any atom is 0.143 e. The molecule has 0 bridgehead atoms. The normalized spacial score (nSPS) is 12.7. The minimum atomic E-state index is -0.220. The van der Waals surface area contributed by atoms with E-state index in [9.17, 15) is 0 Å². The van der Waals surface area contributed by atoms with E-state index in [1.165, 1.54) is 55.6 Å². The molecule has 0 spiro atoms. The Balaban J connectivity index is 0.846. The summed E-state index contributed by atoms with van der Waals surface area (Å²) in [5, 5.41) is 4.50. The number of anilines is 3. The highest BCUT2D eigenvalue weighted by Crippen LogP contribution is 2.54. The van der Waals surface area contributed by atoms with Crippen LogP contribution in [-0.2, 0) is 5.41 Å². The summed E-state index contributed by atoms with van der Waals surface area (Å²) in [5.41, 5.74) is 23.6. The van der Waals surface area contributed by atoms with Gasteiger partial charge in [0.05, 0.1) is 0 Å². The van der Waals surface area contributed by atoms with Gasteiger partial charge in [-0.25, -0.2) is 0 Å². The van der Waals surface area contributed by atoms with Gasteiger partial charge in [-0.3, -0.25) is 0 Å². The Morgan fingerprint density at radius 3 is 1.25 bits per heavy atom. The van der Waals surface area contributed by atoms with Crippen LogP contribution in [0.25, 0.3) is 111 Å². The van der Waals surface area contributed by atoms with Crippen LogP contribution in [0, 0.1) is 0 Å². The molecule has 0 fully saturated rings. The molecule has 0 saturated carbocycles. The summed E-state index contributed by atoms with van der Waals surface area (Å²) in [5.74, 6) is 0. The smallest absolute Gasteiger partial charge is 0.143 e. The Kier molecular flexibility index (Phi) is 9.56. The highest BCUT2D eigenvalue weighted by Gasteiger charge is 2.38. The van der Waals surface area contributed by atoms with Gasteiger partial charge in [0, 0.05) is 55.1 Å². The lowest BCUT2D eigenvalue weighted by molar-refractivity contribution is 0.662. The lowest BCUT2D eigenvalue weighted by Gasteiger charge is -2.26. The number of benzene rings is 11. The number of rotatable bonds is 8. The van der Waals surface area contributed by atoms with Gasteiger partial charge < -0.3 is 13.7 Å². The number of furan rings is 2. The molecular formula is C69H47NO2. The van der Waals surface area contributed by atoms with Gasteiger partial charge >= 0.3 is 0 Å². The summed E-state index contributed by atoms with van der Waals surface area (Å²) in [7, 11) is 0. The van der Waals surface area contributed by atoms with Crippen LogP contribution in [0.15, 0.2) is 258 Å². The highest BCUT2D eigenvalue weighted by atomic mass is 16.3. The zero-order chi connectivity index (χ0) is 47.9. The minimum Gasteiger partial charge on any atom is -0.455 e. The van der Waals surface area contributed by atoms with Crippen LogP contribution < -0.4 is 4.90 Å². The maximum atomic E-state index is 6.47. The Hall–Kier alpha value is -9.18. The molecule has 11 aromatic carbocycles. The van der Waals surface area contributed by atoms with Crippen molar-refractivity contribution in [2.24, 2.45) is 0 Å². The molecule has 2 aromatic heterocycles. The summed E-state index contributed by atoms with van der Waals surface area (Å²) in [6.45, 7) is 4.78. The van der Waals surface area contributed by atoms with Gasteiger partial charge in [-0.05, 0) is 133 Å². The fourth-order valence-electron chi connectivity index (χ4n) is 11.6. The van der Waals surface area contributed by atoms with Crippen molar-refractivity contribution in [2.75, 3.05) is 4.90 Å². The molecule has 0 saturated heterocycles. The molecule has 340 valence electrons. The number of para-hydroxylation sites is 4. The van der Waals surface area contributed by atoms with Crippen LogP contribution in [0.1, 0.15) is 25.0 Å². The summed E-state index contributed by atoms with van der Waals surface area (Å²) in [4.78, 5) is 2.35. The third-order valence-corrected chi connectivity index (χ3v) is 15.1. The lowest BCUT2D eigenvalue weighted by Crippen LogP contribution is -2.16. The van der Waals surface area contributed by atoms with Gasteiger partial charge in [-0.1, -0.05) is 196 Å². The lowest BCUT2D eigenvalue weighted by atomic mass is 9.77. The first-order valence-electron chi connectivity index (χ1n) is 24.8. The molecule has 1 aliphatic rings. The van der Waals surface area contributed by atoms with Crippen molar-refractivity contribution < 1.29 is 8.83 Å². The van der Waals surface area contributed by atoms with Crippen molar-refractivity contribution in [1.29, 1.82) is 0 Å². The van der Waals surface area contributed by atoms with E-state index in [2.05, 4.69) is 243 Å². The van der Waals surface area contributed by atoms with E-state index in [0.717, 1.165) is 83.2 Å². The SMILES string of the molecule is CC1(C)c2cc(-c3ccc(N(c4ccc(-c5cccc6c5oc5ccccc56)cc4)c4ccc(-c5cccc6c5oc5ccccc56)cc4)cc3)ccc2-c2cc(-c3ccccc3)cc(-c3ccccc3)c21. The highest BCUT2D eigenvalue weighted by molar-refractivity contribution is 6.11. The first-order valence-corrected chi connectivity index (χ1v) is 24.8. The molecule has 0 aliphatic heterocycles. The van der Waals surface area contributed by atoms with E-state index < -0.39 is 0 Å². The molecule has 1 aliphatic carbocycles. The average Bonchev–Trinajstić information content (AvgIpc) is 4.09. The second-order valence-electron chi connectivity index (χ2n) is 19.6. The number of fused-ring (bicyclic) bond motifs is 9. The van der Waals surface area contributed by atoms with Gasteiger partial charge in [0.1, 0.15) is 22.3 Å². The minimum absolute atomic E-state index is 0.220. The zero-order valence-corrected chi connectivity index (χ0v) is 39.9. The van der Waals surface area contributed by atoms with E-state index in [-0.39, 0.29) is 5.41 Å². The second kappa shape index (κ2) is 16.5. The Labute approximate surface area is 418 Å². The van der Waals surface area contributed by atoms with Gasteiger partial charge in [0.2, 0.25) is 0 Å². The first-order chi connectivity index (χ1) is 35.4. The Morgan fingerprint density at radius 1 is 0.292 bits per heavy atom. The number of hydrogen-bond donors (Lipinski definition) is 0. The largest absolute Gasteiger partial charge is 0.455 e. The standard InChI is InChI=1S/C69H47NO2/c1-69(2)63-43-49(33-40-56(63)62-42-50(44-15-5-3-6-16-44)41-61(66(62)69)46-17-7-4-8-18-46)45-27-34-51(35-28-45)70(52-36-29-47(30-37-52)54-21-13-23-59-57-19-9-11-25-64(57)71-67(54)59)53-38-31-48(32-39-53)55-22-14-24-60-58-20-10-12-26-65(58)72-68(55)60/h3-43H,1-2H3. The van der Waals surface area contributed by atoms with Crippen LogP contribution in [0.3, 0.4) is 0 Å². The van der Waals surface area contributed by atoms with Crippen LogP contribution in [0.5, 0.6) is 0 Å². The summed E-state index contributed by atoms with van der Waals surface area (Å²) < 4.78 is 12.9. The molecule has 0 radical (unpaired) electrons. The maximum absolute atomic E-state index is 6.47. The fraction of sp³-hybridized carbons (Fsp3) is 0.0435. The molecule has 13 aromatic rings. The van der Waals surface area contributed by atoms with Crippen LogP contribution in [0.2, 0.25) is 0 Å². The molecule has 0 unspecified atom stereocenters. The van der Waals surface area contributed by atoms with Gasteiger partial charge in [-0.2, -0.15) is 0 Å². The van der Waals surface area contributed by atoms with Crippen LogP contribution in [-0.4, -0.2) is 0 Å². The molecule has 2 heterocycles. The van der Waals surface area contributed by atoms with E-state index in [1.54, 1.807) is 0 Å². The van der Waals surface area contributed by atoms with Crippen molar-refractivity contribution in [3.05, 3.63) is 260 Å². The molecule has 14 rings (SSSR count). The average molecular weight is 922 g/mol. The molecule has 0 N–H and O–H groups in total. The summed E-state index contributed by atoms with van der Waals surface area (Å²) in [6, 6.07) is 89.7. The van der Waals surface area contributed by atoms with Crippen molar-refractivity contribution in [3.63, 3.8) is 0 Å². The predicted molar refractivity (Wildman–Crippen MR) is 300 cm³/mol. The molecule has 72 heavy (non-hydrogen) atoms. The van der Waals surface area contributed by atoms with Crippen molar-refractivity contribution in [3.8, 4) is 66.8 Å². The third-order valence-electron chi connectivity index (χ3n) is 15.1. The van der Waals surface area contributed by atoms with E-state index in [0.29, 0.717) is 0 Å². The second-order valence-corrected chi connectivity index (χ2v) is 19.6. The van der Waals surface area contributed by atoms with Gasteiger partial charge in [0.15, 0.2) is 0 Å². The quantitative estimate of drug-likeness (QED) is 0.152. The predicted octanol–water partition coefficient (Wildman–Crippen LogP) is 19.6. The Morgan fingerprint density at radius 2 is 0.708 bits per heavy atom. The first kappa shape index (κ1) is 41.8. The monoisotopic (exact) mass is 921 g/mol. The molecular weight excluding hydrogens is 875 g/mol. The topological polar surface area (TPSA) is 29.5 Å². The van der Waals surface area contributed by atoms with Crippen LogP contribution >= 0.6 is 0 Å². The molecule has 3 heteroatoms. The van der Waals surface area contributed by atoms with Gasteiger partial charge in [0.25, 0.3) is 0 Å². The van der Waals surface area contributed by atoms with Crippen molar-refractivity contribution >= 4 is 60.9 Å². The third kappa shape index (κ3) is 6.73. The van der Waals surface area contributed by atoms with E-state index >= 15 is 0 Å². The van der Waals surface area contributed by atoms with Crippen LogP contribution in [0.4, 0.5) is 17.1 Å². The fourth-order valence-corrected chi connectivity index (χ4v) is 11.6. The number of nitrogens with zero attached hydrogens (tertiary/aromatic N) is 1. The van der Waals surface area contributed by atoms with Crippen molar-refractivity contribution in [2.45, 2.75) is 19.3 Å². The van der Waals surface area contributed by atoms with Crippen molar-refractivity contribution in [1.82, 2.24) is 0 Å². The van der Waals surface area contributed by atoms with Gasteiger partial charge in [-0.15, -0.1) is 0 Å². The van der Waals surface area contributed by atoms with E-state index in [1.807, 2.05) is 24.3 Å². The molecule has 3 nitrogen and oxygen atoms in total. The molecule has 0 amide bonds. The van der Waals surface area contributed by atoms with E-state index in [4.69, 9.17) is 8.83 Å². The summed E-state index contributed by atoms with van der Waals surface area (Å²) in [6.07, 6.45) is 0. The zero-order valence-electron chi connectivity index (χ0n) is 39.9. The Bertz CT molecular complexity index is 4040.